The molecule has 3 heteroatoms. The summed E-state index contributed by atoms with van der Waals surface area (Å²) in [6.07, 6.45) is 1.78. The summed E-state index contributed by atoms with van der Waals surface area (Å²) in [7, 11) is 0. The number of hydrogen-bond acceptors (Lipinski definition) is 2. The molecule has 2 aromatic rings. The predicted molar refractivity (Wildman–Crippen MR) is 83.9 cm³/mol. The molecule has 0 N–H and O–H groups in total. The van der Waals surface area contributed by atoms with Crippen LogP contribution >= 0.6 is 11.6 Å². The van der Waals surface area contributed by atoms with Crippen LogP contribution in [0.1, 0.15) is 42.1 Å². The molecule has 0 fully saturated rings. The monoisotopic (exact) mass is 289 g/mol. The van der Waals surface area contributed by atoms with Crippen LogP contribution in [0.2, 0.25) is 0 Å². The van der Waals surface area contributed by atoms with E-state index >= 15 is 0 Å². The number of benzene rings is 1. The van der Waals surface area contributed by atoms with E-state index in [2.05, 4.69) is 37.0 Å². The first kappa shape index (κ1) is 14.9. The second kappa shape index (κ2) is 6.27. The fraction of sp³-hybridized carbons (Fsp3) is 0.353. The maximum absolute atomic E-state index is 6.08. The molecule has 0 saturated heterocycles. The van der Waals surface area contributed by atoms with E-state index < -0.39 is 0 Å². The van der Waals surface area contributed by atoms with Gasteiger partial charge in [0.15, 0.2) is 0 Å². The molecule has 20 heavy (non-hydrogen) atoms. The van der Waals surface area contributed by atoms with Crippen molar-refractivity contribution in [2.75, 3.05) is 0 Å². The highest BCUT2D eigenvalue weighted by Gasteiger charge is 2.09. The lowest BCUT2D eigenvalue weighted by atomic mass is 10.0. The van der Waals surface area contributed by atoms with Gasteiger partial charge in [0.25, 0.3) is 0 Å². The first-order valence-electron chi connectivity index (χ1n) is 6.81. The van der Waals surface area contributed by atoms with E-state index in [4.69, 9.17) is 16.3 Å². The molecule has 0 atom stereocenters. The summed E-state index contributed by atoms with van der Waals surface area (Å²) in [6.45, 7) is 8.35. The highest BCUT2D eigenvalue weighted by molar-refractivity contribution is 6.17. The van der Waals surface area contributed by atoms with Crippen molar-refractivity contribution in [1.29, 1.82) is 0 Å². The summed E-state index contributed by atoms with van der Waals surface area (Å²) in [5.74, 6) is 2.54. The maximum Gasteiger partial charge on any atom is 0.135 e. The maximum atomic E-state index is 6.08. The molecule has 0 aliphatic heterocycles. The minimum absolute atomic E-state index is 0.394. The van der Waals surface area contributed by atoms with Crippen molar-refractivity contribution < 1.29 is 4.74 Å². The third kappa shape index (κ3) is 3.31. The minimum atomic E-state index is 0.394. The highest BCUT2D eigenvalue weighted by atomic mass is 35.5. The molecule has 0 bridgehead atoms. The molecule has 1 aromatic carbocycles. The zero-order valence-electron chi connectivity index (χ0n) is 12.4. The van der Waals surface area contributed by atoms with E-state index in [0.717, 1.165) is 28.3 Å². The van der Waals surface area contributed by atoms with Crippen LogP contribution in [0.25, 0.3) is 0 Å². The number of hydrogen-bond donors (Lipinski definition) is 0. The Bertz CT molecular complexity index is 608. The summed E-state index contributed by atoms with van der Waals surface area (Å²) in [5.41, 5.74) is 4.21. The van der Waals surface area contributed by atoms with Gasteiger partial charge in [0.05, 0.1) is 5.88 Å². The van der Waals surface area contributed by atoms with Gasteiger partial charge in [-0.05, 0) is 37.0 Å². The Balaban J connectivity index is 2.39. The van der Waals surface area contributed by atoms with E-state index in [1.807, 2.05) is 19.9 Å². The average Bonchev–Trinajstić information content (AvgIpc) is 2.41. The molecule has 0 radical (unpaired) electrons. The first-order chi connectivity index (χ1) is 9.51. The van der Waals surface area contributed by atoms with Gasteiger partial charge in [-0.3, -0.25) is 4.98 Å². The van der Waals surface area contributed by atoms with E-state index in [9.17, 15) is 0 Å². The number of pyridine rings is 1. The number of alkyl halides is 1. The summed E-state index contributed by atoms with van der Waals surface area (Å²) >= 11 is 5.95. The fourth-order valence-corrected chi connectivity index (χ4v) is 2.16. The van der Waals surface area contributed by atoms with Crippen molar-refractivity contribution in [3.8, 4) is 11.5 Å². The lowest BCUT2D eigenvalue weighted by Gasteiger charge is -2.14. The molecule has 2 rings (SSSR count). The van der Waals surface area contributed by atoms with Gasteiger partial charge in [-0.25, -0.2) is 0 Å². The Kier molecular flexibility index (Phi) is 4.66. The smallest absolute Gasteiger partial charge is 0.135 e. The number of rotatable bonds is 4. The molecule has 1 heterocycles. The largest absolute Gasteiger partial charge is 0.457 e. The second-order valence-corrected chi connectivity index (χ2v) is 5.62. The van der Waals surface area contributed by atoms with E-state index in [1.165, 1.54) is 5.56 Å². The van der Waals surface area contributed by atoms with Gasteiger partial charge in [-0.2, -0.15) is 0 Å². The SMILES string of the molecule is Cc1cc(Oc2cc(C(C)C)ccc2C)c(CCl)cn1. The van der Waals surface area contributed by atoms with Crippen molar-refractivity contribution in [1.82, 2.24) is 4.98 Å². The van der Waals surface area contributed by atoms with E-state index in [0.29, 0.717) is 11.8 Å². The fourth-order valence-electron chi connectivity index (χ4n) is 1.96. The Labute approximate surface area is 125 Å². The minimum Gasteiger partial charge on any atom is -0.457 e. The summed E-state index contributed by atoms with van der Waals surface area (Å²) < 4.78 is 6.08. The molecular formula is C17H20ClNO. The third-order valence-corrected chi connectivity index (χ3v) is 3.61. The third-order valence-electron chi connectivity index (χ3n) is 3.32. The van der Waals surface area contributed by atoms with Gasteiger partial charge in [0, 0.05) is 23.5 Å². The van der Waals surface area contributed by atoms with Crippen LogP contribution in [-0.2, 0) is 5.88 Å². The second-order valence-electron chi connectivity index (χ2n) is 5.35. The molecule has 0 saturated carbocycles. The molecule has 2 nitrogen and oxygen atoms in total. The van der Waals surface area contributed by atoms with Crippen molar-refractivity contribution in [3.63, 3.8) is 0 Å². The van der Waals surface area contributed by atoms with Crippen LogP contribution in [0.15, 0.2) is 30.5 Å². The summed E-state index contributed by atoms with van der Waals surface area (Å²) in [6, 6.07) is 8.28. The van der Waals surface area contributed by atoms with Gasteiger partial charge >= 0.3 is 0 Å². The molecular weight excluding hydrogens is 270 g/mol. The number of halogens is 1. The number of aromatic nitrogens is 1. The highest BCUT2D eigenvalue weighted by Crippen LogP contribution is 2.31. The van der Waals surface area contributed by atoms with Crippen LogP contribution in [0.4, 0.5) is 0 Å². The van der Waals surface area contributed by atoms with E-state index in [1.54, 1.807) is 6.20 Å². The molecule has 106 valence electrons. The topological polar surface area (TPSA) is 22.1 Å². The van der Waals surface area contributed by atoms with Gasteiger partial charge < -0.3 is 4.74 Å². The zero-order valence-corrected chi connectivity index (χ0v) is 13.2. The number of aryl methyl sites for hydroxylation is 2. The van der Waals surface area contributed by atoms with Gasteiger partial charge in [-0.1, -0.05) is 26.0 Å². The first-order valence-corrected chi connectivity index (χ1v) is 7.34. The normalized spacial score (nSPS) is 10.9. The number of nitrogens with zero attached hydrogens (tertiary/aromatic N) is 1. The lowest BCUT2D eigenvalue weighted by Crippen LogP contribution is -1.96. The van der Waals surface area contributed by atoms with Crippen molar-refractivity contribution in [2.45, 2.75) is 39.5 Å². The van der Waals surface area contributed by atoms with Gasteiger partial charge in [-0.15, -0.1) is 11.6 Å². The van der Waals surface area contributed by atoms with Crippen molar-refractivity contribution in [2.24, 2.45) is 0 Å². The van der Waals surface area contributed by atoms with Crippen LogP contribution in [0.5, 0.6) is 11.5 Å². The average molecular weight is 290 g/mol. The van der Waals surface area contributed by atoms with Crippen LogP contribution in [-0.4, -0.2) is 4.98 Å². The van der Waals surface area contributed by atoms with Crippen molar-refractivity contribution >= 4 is 11.6 Å². The number of ether oxygens (including phenoxy) is 1. The molecule has 0 spiro atoms. The zero-order chi connectivity index (χ0) is 14.7. The Morgan fingerprint density at radius 1 is 1.15 bits per heavy atom. The quantitative estimate of drug-likeness (QED) is 0.708. The lowest BCUT2D eigenvalue weighted by molar-refractivity contribution is 0.472. The summed E-state index contributed by atoms with van der Waals surface area (Å²) in [5, 5.41) is 0. The Hall–Kier alpha value is -1.54. The van der Waals surface area contributed by atoms with Crippen molar-refractivity contribution in [3.05, 3.63) is 52.8 Å². The molecule has 0 aliphatic rings. The summed E-state index contributed by atoms with van der Waals surface area (Å²) in [4.78, 5) is 4.26. The molecule has 0 amide bonds. The molecule has 0 aliphatic carbocycles. The standard InChI is InChI=1S/C17H20ClNO/c1-11(2)14-6-5-12(3)16(8-14)20-17-7-13(4)19-10-15(17)9-18/h5-8,10-11H,9H2,1-4H3. The van der Waals surface area contributed by atoms with Gasteiger partial charge in [0.2, 0.25) is 0 Å². The predicted octanol–water partition coefficient (Wildman–Crippen LogP) is 5.35. The van der Waals surface area contributed by atoms with Crippen LogP contribution in [0.3, 0.4) is 0 Å². The van der Waals surface area contributed by atoms with Crippen LogP contribution in [0, 0.1) is 13.8 Å². The Morgan fingerprint density at radius 3 is 2.55 bits per heavy atom. The van der Waals surface area contributed by atoms with Gasteiger partial charge in [0.1, 0.15) is 11.5 Å². The van der Waals surface area contributed by atoms with Crippen LogP contribution < -0.4 is 4.74 Å². The Morgan fingerprint density at radius 2 is 1.90 bits per heavy atom. The van der Waals surface area contributed by atoms with E-state index in [-0.39, 0.29) is 0 Å². The molecule has 0 unspecified atom stereocenters. The molecule has 1 aromatic heterocycles.